The van der Waals surface area contributed by atoms with Crippen LogP contribution in [0.5, 0.6) is 0 Å². The monoisotopic (exact) mass is 315 g/mol. The molecule has 1 fully saturated rings. The normalized spacial score (nSPS) is 17.8. The average Bonchev–Trinajstić information content (AvgIpc) is 2.76. The lowest BCUT2D eigenvalue weighted by molar-refractivity contribution is -0.119. The summed E-state index contributed by atoms with van der Waals surface area (Å²) >= 11 is 0. The van der Waals surface area contributed by atoms with E-state index in [2.05, 4.69) is 10.4 Å². The minimum atomic E-state index is -3.59. The largest absolute Gasteiger partial charge is 0.381 e. The van der Waals surface area contributed by atoms with Gasteiger partial charge in [0.25, 0.3) is 0 Å². The molecule has 118 valence electrons. The number of piperidine rings is 1. The molecule has 0 saturated carbocycles. The van der Waals surface area contributed by atoms with Crippen LogP contribution in [-0.4, -0.2) is 48.0 Å². The van der Waals surface area contributed by atoms with Crippen molar-refractivity contribution >= 4 is 21.7 Å². The molecule has 3 N–H and O–H groups in total. The van der Waals surface area contributed by atoms with Gasteiger partial charge in [-0.2, -0.15) is 9.40 Å². The number of nitrogens with two attached hydrogens (primary N) is 1. The summed E-state index contributed by atoms with van der Waals surface area (Å²) in [7, 11) is -1.95. The molecule has 9 heteroatoms. The lowest BCUT2D eigenvalue weighted by Crippen LogP contribution is -2.41. The highest BCUT2D eigenvalue weighted by Gasteiger charge is 2.32. The van der Waals surface area contributed by atoms with Gasteiger partial charge in [0.15, 0.2) is 5.82 Å². The molecule has 8 nitrogen and oxygen atoms in total. The smallest absolute Gasteiger partial charge is 0.248 e. The van der Waals surface area contributed by atoms with Crippen LogP contribution in [0.25, 0.3) is 0 Å². The molecule has 2 heterocycles. The van der Waals surface area contributed by atoms with Crippen molar-refractivity contribution in [3.63, 3.8) is 0 Å². The molecule has 0 radical (unpaired) electrons. The Morgan fingerprint density at radius 2 is 2.10 bits per heavy atom. The number of rotatable bonds is 4. The molecule has 1 saturated heterocycles. The highest BCUT2D eigenvalue weighted by molar-refractivity contribution is 7.89. The van der Waals surface area contributed by atoms with Gasteiger partial charge >= 0.3 is 0 Å². The number of aromatic nitrogens is 2. The number of carbonyl (C=O) groups is 1. The van der Waals surface area contributed by atoms with Crippen molar-refractivity contribution < 1.29 is 13.2 Å². The topological polar surface area (TPSA) is 110 Å². The van der Waals surface area contributed by atoms with Gasteiger partial charge in [-0.25, -0.2) is 8.42 Å². The third kappa shape index (κ3) is 3.53. The molecule has 0 aromatic carbocycles. The van der Waals surface area contributed by atoms with Crippen molar-refractivity contribution in [2.45, 2.75) is 24.7 Å². The predicted molar refractivity (Wildman–Crippen MR) is 77.8 cm³/mol. The predicted octanol–water partition coefficient (Wildman–Crippen LogP) is -0.461. The second-order valence-corrected chi connectivity index (χ2v) is 7.24. The number of sulfonamides is 1. The summed E-state index contributed by atoms with van der Waals surface area (Å²) in [4.78, 5) is 11.0. The molecule has 1 aromatic rings. The van der Waals surface area contributed by atoms with Crippen LogP contribution in [0.3, 0.4) is 0 Å². The van der Waals surface area contributed by atoms with Gasteiger partial charge in [-0.1, -0.05) is 0 Å². The summed E-state index contributed by atoms with van der Waals surface area (Å²) in [5.41, 5.74) is 5.66. The first-order valence-corrected chi connectivity index (χ1v) is 8.28. The first kappa shape index (κ1) is 15.8. The van der Waals surface area contributed by atoms with E-state index in [1.165, 1.54) is 22.1 Å². The van der Waals surface area contributed by atoms with Crippen LogP contribution in [0.2, 0.25) is 0 Å². The number of nitrogens with zero attached hydrogens (tertiary/aromatic N) is 3. The van der Waals surface area contributed by atoms with Gasteiger partial charge in [0, 0.05) is 39.8 Å². The average molecular weight is 315 g/mol. The molecule has 2 rings (SSSR count). The lowest BCUT2D eigenvalue weighted by atomic mass is 9.98. The Bertz CT molecular complexity index is 617. The van der Waals surface area contributed by atoms with E-state index in [1.807, 2.05) is 0 Å². The van der Waals surface area contributed by atoms with E-state index in [-0.39, 0.29) is 16.6 Å². The van der Waals surface area contributed by atoms with Gasteiger partial charge in [0.2, 0.25) is 15.9 Å². The SMILES string of the molecule is CC(=O)NCC1CCN(S(=O)(=O)c2cn(C)nc2N)CC1. The Hall–Kier alpha value is -1.61. The lowest BCUT2D eigenvalue weighted by Gasteiger charge is -2.30. The Labute approximate surface area is 124 Å². The van der Waals surface area contributed by atoms with Crippen LogP contribution < -0.4 is 11.1 Å². The molecule has 0 bridgehead atoms. The highest BCUT2D eigenvalue weighted by atomic mass is 32.2. The van der Waals surface area contributed by atoms with Crippen molar-refractivity contribution in [3.8, 4) is 0 Å². The summed E-state index contributed by atoms with van der Waals surface area (Å²) in [6.07, 6.45) is 2.87. The number of nitrogens with one attached hydrogen (secondary N) is 1. The van der Waals surface area contributed by atoms with Gasteiger partial charge < -0.3 is 11.1 Å². The number of anilines is 1. The van der Waals surface area contributed by atoms with Gasteiger partial charge in [0.1, 0.15) is 4.90 Å². The molecule has 0 unspecified atom stereocenters. The van der Waals surface area contributed by atoms with Crippen LogP contribution in [0.15, 0.2) is 11.1 Å². The van der Waals surface area contributed by atoms with Crippen LogP contribution >= 0.6 is 0 Å². The number of amides is 1. The number of carbonyl (C=O) groups excluding carboxylic acids is 1. The zero-order chi connectivity index (χ0) is 15.6. The minimum absolute atomic E-state index is 0.0258. The standard InChI is InChI=1S/C12H21N5O3S/c1-9(18)14-7-10-3-5-17(6-4-10)21(19,20)11-8-16(2)15-12(11)13/h8,10H,3-7H2,1-2H3,(H2,13,15)(H,14,18). The van der Waals surface area contributed by atoms with E-state index in [0.717, 1.165) is 12.8 Å². The Balaban J connectivity index is 2.01. The number of hydrogen-bond acceptors (Lipinski definition) is 5. The maximum absolute atomic E-state index is 12.5. The van der Waals surface area contributed by atoms with E-state index in [1.54, 1.807) is 7.05 Å². The first-order chi connectivity index (χ1) is 9.80. The molecule has 1 aliphatic rings. The fraction of sp³-hybridized carbons (Fsp3) is 0.667. The van der Waals surface area contributed by atoms with E-state index < -0.39 is 10.0 Å². The minimum Gasteiger partial charge on any atom is -0.381 e. The molecule has 21 heavy (non-hydrogen) atoms. The number of nitrogen functional groups attached to an aromatic ring is 1. The Morgan fingerprint density at radius 3 is 2.57 bits per heavy atom. The zero-order valence-corrected chi connectivity index (χ0v) is 13.1. The number of aryl methyl sites for hydroxylation is 1. The van der Waals surface area contributed by atoms with Gasteiger partial charge in [-0.3, -0.25) is 9.48 Å². The number of hydrogen-bond donors (Lipinski definition) is 2. The Kier molecular flexibility index (Phi) is 4.52. The summed E-state index contributed by atoms with van der Waals surface area (Å²) < 4.78 is 27.9. The maximum Gasteiger partial charge on any atom is 0.248 e. The van der Waals surface area contributed by atoms with Crippen molar-refractivity contribution in [2.75, 3.05) is 25.4 Å². The van der Waals surface area contributed by atoms with Crippen LogP contribution in [0, 0.1) is 5.92 Å². The van der Waals surface area contributed by atoms with Crippen LogP contribution in [-0.2, 0) is 21.9 Å². The quantitative estimate of drug-likeness (QED) is 0.781. The van der Waals surface area contributed by atoms with Crippen molar-refractivity contribution in [3.05, 3.63) is 6.20 Å². The summed E-state index contributed by atoms with van der Waals surface area (Å²) in [6, 6.07) is 0. The van der Waals surface area contributed by atoms with Crippen LogP contribution in [0.4, 0.5) is 5.82 Å². The Morgan fingerprint density at radius 1 is 1.48 bits per heavy atom. The molecule has 1 aliphatic heterocycles. The molecule has 1 amide bonds. The third-order valence-corrected chi connectivity index (χ3v) is 5.57. The van der Waals surface area contributed by atoms with E-state index in [0.29, 0.717) is 25.6 Å². The molecule has 0 spiro atoms. The first-order valence-electron chi connectivity index (χ1n) is 6.84. The highest BCUT2D eigenvalue weighted by Crippen LogP contribution is 2.25. The van der Waals surface area contributed by atoms with Gasteiger partial charge in [0.05, 0.1) is 0 Å². The zero-order valence-electron chi connectivity index (χ0n) is 12.2. The van der Waals surface area contributed by atoms with E-state index in [4.69, 9.17) is 5.73 Å². The third-order valence-electron chi connectivity index (χ3n) is 3.65. The molecule has 1 aromatic heterocycles. The van der Waals surface area contributed by atoms with Crippen molar-refractivity contribution in [1.82, 2.24) is 19.4 Å². The van der Waals surface area contributed by atoms with Gasteiger partial charge in [-0.15, -0.1) is 0 Å². The van der Waals surface area contributed by atoms with Crippen LogP contribution in [0.1, 0.15) is 19.8 Å². The molecule has 0 aliphatic carbocycles. The fourth-order valence-electron chi connectivity index (χ4n) is 2.46. The fourth-order valence-corrected chi connectivity index (χ4v) is 4.02. The van der Waals surface area contributed by atoms with Crippen molar-refractivity contribution in [1.29, 1.82) is 0 Å². The van der Waals surface area contributed by atoms with Crippen molar-refractivity contribution in [2.24, 2.45) is 13.0 Å². The molecular formula is C12H21N5O3S. The summed E-state index contributed by atoms with van der Waals surface area (Å²) in [5, 5.41) is 6.65. The van der Waals surface area contributed by atoms with E-state index in [9.17, 15) is 13.2 Å². The summed E-state index contributed by atoms with van der Waals surface area (Å²) in [6.45, 7) is 2.94. The second kappa shape index (κ2) is 6.02. The second-order valence-electron chi connectivity index (χ2n) is 5.34. The molecular weight excluding hydrogens is 294 g/mol. The van der Waals surface area contributed by atoms with Gasteiger partial charge in [-0.05, 0) is 18.8 Å². The molecule has 0 atom stereocenters. The summed E-state index contributed by atoms with van der Waals surface area (Å²) in [5.74, 6) is 0.276. The maximum atomic E-state index is 12.5. The van der Waals surface area contributed by atoms with E-state index >= 15 is 0 Å².